The highest BCUT2D eigenvalue weighted by Gasteiger charge is 2.26. The van der Waals surface area contributed by atoms with Crippen molar-refractivity contribution in [2.45, 2.75) is 57.5 Å². The van der Waals surface area contributed by atoms with Crippen LogP contribution in [0.5, 0.6) is 0 Å². The van der Waals surface area contributed by atoms with Crippen LogP contribution in [0.25, 0.3) is 0 Å². The topological polar surface area (TPSA) is 81.9 Å². The first kappa shape index (κ1) is 21.1. The van der Waals surface area contributed by atoms with Gasteiger partial charge in [0, 0.05) is 37.2 Å². The Morgan fingerprint density at radius 1 is 1.24 bits per heavy atom. The predicted octanol–water partition coefficient (Wildman–Crippen LogP) is 4.30. The highest BCUT2D eigenvalue weighted by Crippen LogP contribution is 2.29. The number of nitrogens with zero attached hydrogens (tertiary/aromatic N) is 4. The van der Waals surface area contributed by atoms with E-state index in [1.165, 1.54) is 0 Å². The number of carbonyl (C=O) groups excluding carboxylic acids is 1. The second kappa shape index (κ2) is 9.23. The lowest BCUT2D eigenvalue weighted by molar-refractivity contribution is 0.0915. The molecule has 6 nitrogen and oxygen atoms in total. The molecule has 0 spiro atoms. The normalized spacial score (nSPS) is 18.9. The smallest absolute Gasteiger partial charge is 0.289 e. The van der Waals surface area contributed by atoms with Crippen LogP contribution in [-0.4, -0.2) is 35.0 Å². The van der Waals surface area contributed by atoms with Gasteiger partial charge >= 0.3 is 0 Å². The maximum atomic E-state index is 12.4. The third-order valence-electron chi connectivity index (χ3n) is 5.60. The molecule has 152 valence electrons. The predicted molar refractivity (Wildman–Crippen MR) is 114 cm³/mol. The highest BCUT2D eigenvalue weighted by atomic mass is 35.5. The van der Waals surface area contributed by atoms with Gasteiger partial charge in [0.1, 0.15) is 6.07 Å². The Morgan fingerprint density at radius 2 is 1.90 bits per heavy atom. The Labute approximate surface area is 176 Å². The van der Waals surface area contributed by atoms with Crippen LogP contribution in [0, 0.1) is 11.3 Å². The summed E-state index contributed by atoms with van der Waals surface area (Å²) in [6.07, 6.45) is 7.17. The number of hydrogen-bond donors (Lipinski definition) is 1. The molecule has 1 fully saturated rings. The zero-order valence-electron chi connectivity index (χ0n) is 17.0. The Kier molecular flexibility index (Phi) is 6.71. The van der Waals surface area contributed by atoms with Crippen molar-refractivity contribution < 1.29 is 4.79 Å². The van der Waals surface area contributed by atoms with Crippen LogP contribution >= 0.6 is 11.6 Å². The van der Waals surface area contributed by atoms with Gasteiger partial charge in [-0.15, -0.1) is 0 Å². The van der Waals surface area contributed by atoms with Gasteiger partial charge in [-0.2, -0.15) is 5.26 Å². The molecule has 3 rings (SSSR count). The number of benzene rings is 1. The van der Waals surface area contributed by atoms with Crippen LogP contribution in [0.15, 0.2) is 30.6 Å². The second-order valence-corrected chi connectivity index (χ2v) is 8.27. The molecule has 0 atom stereocenters. The number of halogens is 1. The van der Waals surface area contributed by atoms with Crippen LogP contribution in [0.2, 0.25) is 5.02 Å². The number of nitriles is 1. The molecular formula is C22H26ClN5O. The molecule has 1 aromatic heterocycles. The molecule has 0 saturated heterocycles. The van der Waals surface area contributed by atoms with E-state index >= 15 is 0 Å². The van der Waals surface area contributed by atoms with E-state index in [2.05, 4.69) is 40.1 Å². The molecule has 1 aliphatic rings. The molecule has 1 N–H and O–H groups in total. The van der Waals surface area contributed by atoms with E-state index in [0.717, 1.165) is 36.9 Å². The molecular weight excluding hydrogens is 386 g/mol. The molecule has 0 aliphatic heterocycles. The molecule has 2 aromatic rings. The van der Waals surface area contributed by atoms with E-state index in [9.17, 15) is 4.79 Å². The third kappa shape index (κ3) is 5.04. The van der Waals surface area contributed by atoms with Crippen molar-refractivity contribution in [1.29, 1.82) is 5.26 Å². The van der Waals surface area contributed by atoms with Gasteiger partial charge in [0.25, 0.3) is 5.91 Å². The Hall–Kier alpha value is -2.65. The van der Waals surface area contributed by atoms with Crippen molar-refractivity contribution >= 4 is 23.2 Å². The molecule has 0 bridgehead atoms. The zero-order chi connectivity index (χ0) is 21.0. The third-order valence-corrected chi connectivity index (χ3v) is 5.91. The van der Waals surface area contributed by atoms with Gasteiger partial charge in [0.2, 0.25) is 5.82 Å². The van der Waals surface area contributed by atoms with Gasteiger partial charge in [-0.25, -0.2) is 9.97 Å². The summed E-state index contributed by atoms with van der Waals surface area (Å²) in [5, 5.41) is 12.6. The number of aromatic nitrogens is 2. The molecule has 1 aliphatic carbocycles. The minimum atomic E-state index is -0.212. The average molecular weight is 412 g/mol. The van der Waals surface area contributed by atoms with E-state index in [1.54, 1.807) is 18.5 Å². The van der Waals surface area contributed by atoms with Crippen LogP contribution in [0.1, 0.15) is 67.2 Å². The number of anilines is 1. The van der Waals surface area contributed by atoms with Crippen molar-refractivity contribution in [3.8, 4) is 6.07 Å². The Balaban J connectivity index is 1.54. The summed E-state index contributed by atoms with van der Waals surface area (Å²) >= 11 is 6.17. The molecule has 1 heterocycles. The number of amides is 1. The first-order valence-corrected chi connectivity index (χ1v) is 10.3. The minimum Gasteiger partial charge on any atom is -0.372 e. The summed E-state index contributed by atoms with van der Waals surface area (Å²) < 4.78 is 0. The standard InChI is InChI=1S/C22H26ClN5O/c1-14(2)16-12-25-21(26-13-16)22(29)27-17-5-8-18(9-6-17)28(3)19-7-4-15(11-24)20(23)10-19/h4,7,10,12-14,17-18H,5-6,8-9H2,1-3H3,(H,27,29). The number of rotatable bonds is 5. The van der Waals surface area contributed by atoms with Gasteiger partial charge in [0.05, 0.1) is 10.6 Å². The summed E-state index contributed by atoms with van der Waals surface area (Å²) in [6, 6.07) is 8.11. The number of nitrogens with one attached hydrogen (secondary N) is 1. The number of carbonyl (C=O) groups is 1. The Bertz CT molecular complexity index is 898. The summed E-state index contributed by atoms with van der Waals surface area (Å²) in [6.45, 7) is 4.14. The van der Waals surface area contributed by atoms with Crippen molar-refractivity contribution in [3.05, 3.63) is 52.6 Å². The van der Waals surface area contributed by atoms with Crippen LogP contribution < -0.4 is 10.2 Å². The van der Waals surface area contributed by atoms with Crippen LogP contribution in [0.4, 0.5) is 5.69 Å². The fourth-order valence-electron chi connectivity index (χ4n) is 3.64. The van der Waals surface area contributed by atoms with Crippen LogP contribution in [0.3, 0.4) is 0 Å². The quantitative estimate of drug-likeness (QED) is 0.792. The molecule has 1 saturated carbocycles. The SMILES string of the molecule is CC(C)c1cnc(C(=O)NC2CCC(N(C)c3ccc(C#N)c(Cl)c3)CC2)nc1. The average Bonchev–Trinajstić information content (AvgIpc) is 2.73. The summed E-state index contributed by atoms with van der Waals surface area (Å²) in [7, 11) is 2.05. The molecule has 7 heteroatoms. The molecule has 0 unspecified atom stereocenters. The van der Waals surface area contributed by atoms with Crippen molar-refractivity contribution in [1.82, 2.24) is 15.3 Å². The van der Waals surface area contributed by atoms with Gasteiger partial charge in [-0.1, -0.05) is 25.4 Å². The van der Waals surface area contributed by atoms with Crippen molar-refractivity contribution in [3.63, 3.8) is 0 Å². The van der Waals surface area contributed by atoms with E-state index in [4.69, 9.17) is 16.9 Å². The molecule has 29 heavy (non-hydrogen) atoms. The van der Waals surface area contributed by atoms with Gasteiger partial charge in [-0.3, -0.25) is 4.79 Å². The van der Waals surface area contributed by atoms with E-state index < -0.39 is 0 Å². The lowest BCUT2D eigenvalue weighted by atomic mass is 9.90. The Morgan fingerprint density at radius 3 is 2.45 bits per heavy atom. The first-order chi connectivity index (χ1) is 13.9. The first-order valence-electron chi connectivity index (χ1n) is 9.94. The van der Waals surface area contributed by atoms with E-state index in [1.807, 2.05) is 19.2 Å². The highest BCUT2D eigenvalue weighted by molar-refractivity contribution is 6.32. The van der Waals surface area contributed by atoms with Crippen molar-refractivity contribution in [2.75, 3.05) is 11.9 Å². The van der Waals surface area contributed by atoms with Gasteiger partial charge < -0.3 is 10.2 Å². The lowest BCUT2D eigenvalue weighted by Crippen LogP contribution is -2.43. The summed E-state index contributed by atoms with van der Waals surface area (Å²) in [4.78, 5) is 23.1. The zero-order valence-corrected chi connectivity index (χ0v) is 17.8. The van der Waals surface area contributed by atoms with Crippen LogP contribution in [-0.2, 0) is 0 Å². The maximum Gasteiger partial charge on any atom is 0.289 e. The molecule has 1 aromatic carbocycles. The lowest BCUT2D eigenvalue weighted by Gasteiger charge is -2.36. The van der Waals surface area contributed by atoms with Gasteiger partial charge in [-0.05, 0) is 55.4 Å². The fourth-order valence-corrected chi connectivity index (χ4v) is 3.85. The van der Waals surface area contributed by atoms with E-state index in [-0.39, 0.29) is 17.8 Å². The number of hydrogen-bond acceptors (Lipinski definition) is 5. The summed E-state index contributed by atoms with van der Waals surface area (Å²) in [5.74, 6) is 0.349. The largest absolute Gasteiger partial charge is 0.372 e. The van der Waals surface area contributed by atoms with Gasteiger partial charge in [0.15, 0.2) is 0 Å². The minimum absolute atomic E-state index is 0.130. The van der Waals surface area contributed by atoms with E-state index in [0.29, 0.717) is 22.5 Å². The molecule has 1 amide bonds. The summed E-state index contributed by atoms with van der Waals surface area (Å²) in [5.41, 5.74) is 2.51. The monoisotopic (exact) mass is 411 g/mol. The van der Waals surface area contributed by atoms with Crippen molar-refractivity contribution in [2.24, 2.45) is 0 Å². The second-order valence-electron chi connectivity index (χ2n) is 7.86. The fraction of sp³-hybridized carbons (Fsp3) is 0.455. The maximum absolute atomic E-state index is 12.4. The molecule has 0 radical (unpaired) electrons.